The second kappa shape index (κ2) is 17.8. The van der Waals surface area contributed by atoms with Crippen LogP contribution in [0.15, 0.2) is 115 Å². The van der Waals surface area contributed by atoms with Gasteiger partial charge in [-0.1, -0.05) is 144 Å². The Morgan fingerprint density at radius 3 is 1.73 bits per heavy atom. The minimum atomic E-state index is -2.17. The summed E-state index contributed by atoms with van der Waals surface area (Å²) in [6.45, 7) is 0.864. The molecule has 0 spiro atoms. The molecular weight excluding hydrogens is 675 g/mol. The van der Waals surface area contributed by atoms with Crippen molar-refractivity contribution >= 4 is 40.7 Å². The second-order valence-electron chi connectivity index (χ2n) is 11.1. The first-order valence-electron chi connectivity index (χ1n) is 15.3. The van der Waals surface area contributed by atoms with E-state index < -0.39 is 40.4 Å². The molecule has 4 aromatic carbocycles. The molecule has 4 aromatic rings. The monoisotopic (exact) mass is 708 g/mol. The number of hydrogen-bond donors (Lipinski definition) is 1. The van der Waals surface area contributed by atoms with Gasteiger partial charge in [-0.2, -0.15) is 5.26 Å². The van der Waals surface area contributed by atoms with Gasteiger partial charge in [-0.3, -0.25) is 5.41 Å². The fourth-order valence-electron chi connectivity index (χ4n) is 5.20. The fourth-order valence-corrected chi connectivity index (χ4v) is 5.33. The van der Waals surface area contributed by atoms with Crippen LogP contribution >= 0.6 is 34.8 Å². The fraction of sp³-hybridized carbons (Fsp3) is 0.297. The zero-order valence-corrected chi connectivity index (χ0v) is 28.2. The highest BCUT2D eigenvalue weighted by molar-refractivity contribution is 6.76. The summed E-state index contributed by atoms with van der Waals surface area (Å²) in [6, 6.07) is 38.4. The number of nitriles is 1. The van der Waals surface area contributed by atoms with E-state index >= 15 is 0 Å². The Morgan fingerprint density at radius 2 is 1.17 bits per heavy atom. The van der Waals surface area contributed by atoms with E-state index in [0.717, 1.165) is 16.7 Å². The summed E-state index contributed by atoms with van der Waals surface area (Å²) < 4.78 is 36.0. The molecule has 8 nitrogen and oxygen atoms in total. The number of halogens is 3. The molecule has 48 heavy (non-hydrogen) atoms. The third kappa shape index (κ3) is 10.3. The van der Waals surface area contributed by atoms with Gasteiger partial charge >= 0.3 is 0 Å². The Labute approximate surface area is 295 Å². The highest BCUT2D eigenvalue weighted by Crippen LogP contribution is 2.35. The minimum Gasteiger partial charge on any atom is -0.445 e. The van der Waals surface area contributed by atoms with Gasteiger partial charge < -0.3 is 28.4 Å². The molecule has 0 unspecified atom stereocenters. The van der Waals surface area contributed by atoms with E-state index in [-0.39, 0.29) is 26.4 Å². The van der Waals surface area contributed by atoms with Crippen molar-refractivity contribution in [3.8, 4) is 6.07 Å². The highest BCUT2D eigenvalue weighted by Gasteiger charge is 2.51. The molecule has 5 rings (SSSR count). The van der Waals surface area contributed by atoms with Crippen LogP contribution in [0.2, 0.25) is 0 Å². The third-order valence-corrected chi connectivity index (χ3v) is 8.13. The lowest BCUT2D eigenvalue weighted by Gasteiger charge is -2.46. The van der Waals surface area contributed by atoms with Gasteiger partial charge in [0.1, 0.15) is 24.4 Å². The average molecular weight is 710 g/mol. The van der Waals surface area contributed by atoms with E-state index in [0.29, 0.717) is 17.7 Å². The molecule has 250 valence electrons. The van der Waals surface area contributed by atoms with Crippen molar-refractivity contribution in [1.29, 1.82) is 10.7 Å². The van der Waals surface area contributed by atoms with Crippen LogP contribution in [0.5, 0.6) is 0 Å². The molecule has 0 radical (unpaired) electrons. The quantitative estimate of drug-likeness (QED) is 0.0806. The maximum atomic E-state index is 9.71. The van der Waals surface area contributed by atoms with Crippen molar-refractivity contribution in [3.63, 3.8) is 0 Å². The van der Waals surface area contributed by atoms with Crippen molar-refractivity contribution in [2.45, 2.75) is 60.9 Å². The molecule has 1 aliphatic heterocycles. The number of nitrogens with zero attached hydrogens (tertiary/aromatic N) is 1. The van der Waals surface area contributed by atoms with E-state index in [1.807, 2.05) is 97.1 Å². The smallest absolute Gasteiger partial charge is 0.265 e. The molecule has 11 heteroatoms. The van der Waals surface area contributed by atoms with Gasteiger partial charge in [0.15, 0.2) is 0 Å². The number of ether oxygens (including phenoxy) is 6. The molecular formula is C37H35Cl3N2O6. The van der Waals surface area contributed by atoms with E-state index in [9.17, 15) is 5.26 Å². The lowest BCUT2D eigenvalue weighted by molar-refractivity contribution is -0.313. The molecule has 0 aliphatic carbocycles. The Kier molecular flexibility index (Phi) is 13.3. The summed E-state index contributed by atoms with van der Waals surface area (Å²) in [6.07, 6.45) is -4.58. The predicted molar refractivity (Wildman–Crippen MR) is 184 cm³/mol. The second-order valence-corrected chi connectivity index (χ2v) is 13.3. The Balaban J connectivity index is 1.49. The van der Waals surface area contributed by atoms with Crippen molar-refractivity contribution < 1.29 is 28.4 Å². The zero-order valence-electron chi connectivity index (χ0n) is 25.9. The summed E-state index contributed by atoms with van der Waals surface area (Å²) in [4.78, 5) is 0. The normalized spacial score (nSPS) is 20.9. The van der Waals surface area contributed by atoms with Gasteiger partial charge in [-0.25, -0.2) is 0 Å². The largest absolute Gasteiger partial charge is 0.445 e. The van der Waals surface area contributed by atoms with Crippen LogP contribution in [0.3, 0.4) is 0 Å². The van der Waals surface area contributed by atoms with Crippen molar-refractivity contribution in [1.82, 2.24) is 0 Å². The molecule has 0 bridgehead atoms. The highest BCUT2D eigenvalue weighted by atomic mass is 35.6. The summed E-state index contributed by atoms with van der Waals surface area (Å²) in [5.74, 6) is -0.655. The van der Waals surface area contributed by atoms with Gasteiger partial charge in [0, 0.05) is 0 Å². The SMILES string of the molecule is N#Cc1ccccc1CO[C@H]1[C@@H](OC(=N)C(Cl)(Cl)Cl)O[C@H](COCc2ccccc2)[C@@H](OCc2ccccc2)[C@@H]1OCc1ccccc1. The van der Waals surface area contributed by atoms with Crippen LogP contribution in [0.4, 0.5) is 0 Å². The molecule has 0 aromatic heterocycles. The Hall–Kier alpha value is -3.49. The van der Waals surface area contributed by atoms with Crippen molar-refractivity contribution in [3.05, 3.63) is 143 Å². The summed E-state index contributed by atoms with van der Waals surface area (Å²) >= 11 is 18.1. The van der Waals surface area contributed by atoms with Crippen LogP contribution in [-0.4, -0.2) is 47.0 Å². The van der Waals surface area contributed by atoms with Gasteiger partial charge in [-0.05, 0) is 28.3 Å². The van der Waals surface area contributed by atoms with Gasteiger partial charge in [-0.15, -0.1) is 0 Å². The molecule has 1 aliphatic rings. The van der Waals surface area contributed by atoms with Crippen LogP contribution in [0.25, 0.3) is 0 Å². The minimum absolute atomic E-state index is 0.00446. The van der Waals surface area contributed by atoms with Crippen molar-refractivity contribution in [2.75, 3.05) is 6.61 Å². The third-order valence-electron chi connectivity index (χ3n) is 7.62. The van der Waals surface area contributed by atoms with E-state index in [4.69, 9.17) is 68.6 Å². The first kappa shape index (κ1) is 35.8. The van der Waals surface area contributed by atoms with Crippen LogP contribution < -0.4 is 0 Å². The number of nitrogens with one attached hydrogen (secondary N) is 1. The maximum Gasteiger partial charge on any atom is 0.265 e. The van der Waals surface area contributed by atoms with Crippen LogP contribution in [0.1, 0.15) is 27.8 Å². The van der Waals surface area contributed by atoms with Gasteiger partial charge in [0.2, 0.25) is 12.2 Å². The lowest BCUT2D eigenvalue weighted by atomic mass is 9.97. The Morgan fingerprint density at radius 1 is 0.667 bits per heavy atom. The summed E-state index contributed by atoms with van der Waals surface area (Å²) in [7, 11) is 0. The molecule has 0 saturated carbocycles. The molecule has 1 fully saturated rings. The summed E-state index contributed by atoms with van der Waals surface area (Å²) in [5, 5.41) is 18.1. The Bertz CT molecular complexity index is 1620. The topological polar surface area (TPSA) is 103 Å². The first-order valence-corrected chi connectivity index (χ1v) is 16.5. The van der Waals surface area contributed by atoms with Gasteiger partial charge in [0.05, 0.1) is 44.7 Å². The number of rotatable bonds is 14. The molecule has 0 amide bonds. The van der Waals surface area contributed by atoms with E-state index in [1.54, 1.807) is 18.2 Å². The number of alkyl halides is 3. The van der Waals surface area contributed by atoms with E-state index in [2.05, 4.69) is 6.07 Å². The molecule has 1 heterocycles. The predicted octanol–water partition coefficient (Wildman–Crippen LogP) is 7.92. The molecule has 1 saturated heterocycles. The standard InChI is InChI=1S/C37H35Cl3N2O6/c38-37(39,40)36(42)48-35-34(46-24-30-19-11-10-18-29(30)20-41)33(45-23-28-16-8-3-9-17-28)32(44-22-27-14-6-2-7-15-27)31(47-35)25-43-21-26-12-4-1-5-13-26/h1-19,31-35,42H,21-25H2/t31-,32-,33+,34-,35-/m1/s1. The zero-order chi connectivity index (χ0) is 33.8. The first-order chi connectivity index (χ1) is 23.3. The maximum absolute atomic E-state index is 9.71. The number of hydrogen-bond acceptors (Lipinski definition) is 8. The lowest BCUT2D eigenvalue weighted by Crippen LogP contribution is -2.62. The van der Waals surface area contributed by atoms with Gasteiger partial charge in [0.25, 0.3) is 3.79 Å². The van der Waals surface area contributed by atoms with Crippen LogP contribution in [-0.2, 0) is 54.8 Å². The molecule has 1 N–H and O–H groups in total. The van der Waals surface area contributed by atoms with Crippen LogP contribution in [0, 0.1) is 16.7 Å². The number of benzene rings is 4. The van der Waals surface area contributed by atoms with E-state index in [1.165, 1.54) is 0 Å². The van der Waals surface area contributed by atoms with Crippen molar-refractivity contribution in [2.24, 2.45) is 0 Å². The average Bonchev–Trinajstić information content (AvgIpc) is 3.10. The molecule has 5 atom stereocenters. The summed E-state index contributed by atoms with van der Waals surface area (Å²) in [5.41, 5.74) is 3.94.